The third-order valence-corrected chi connectivity index (χ3v) is 5.45. The van der Waals surface area contributed by atoms with E-state index in [0.29, 0.717) is 12.0 Å². The molecule has 2 aromatic carbocycles. The predicted molar refractivity (Wildman–Crippen MR) is 100 cm³/mol. The van der Waals surface area contributed by atoms with Gasteiger partial charge in [0.15, 0.2) is 0 Å². The maximum atomic E-state index is 13.2. The minimum Gasteiger partial charge on any atom is -0.341 e. The SMILES string of the molecule is O=C([C@H](N[C@H]1C[C@@H]1c1ccccc1)c1ccccc1)N1CCCCC1. The molecule has 0 bridgehead atoms. The van der Waals surface area contributed by atoms with Crippen LogP contribution in [0.5, 0.6) is 0 Å². The molecule has 25 heavy (non-hydrogen) atoms. The van der Waals surface area contributed by atoms with Gasteiger partial charge >= 0.3 is 0 Å². The second-order valence-electron chi connectivity index (χ2n) is 7.26. The first-order valence-electron chi connectivity index (χ1n) is 9.47. The maximum Gasteiger partial charge on any atom is 0.244 e. The van der Waals surface area contributed by atoms with Crippen molar-refractivity contribution in [2.45, 2.75) is 43.7 Å². The maximum absolute atomic E-state index is 13.2. The van der Waals surface area contributed by atoms with Crippen LogP contribution in [0.4, 0.5) is 0 Å². The van der Waals surface area contributed by atoms with E-state index in [1.165, 1.54) is 12.0 Å². The molecule has 3 nitrogen and oxygen atoms in total. The summed E-state index contributed by atoms with van der Waals surface area (Å²) in [6.45, 7) is 1.80. The lowest BCUT2D eigenvalue weighted by molar-refractivity contribution is -0.134. The molecule has 130 valence electrons. The van der Waals surface area contributed by atoms with E-state index in [0.717, 1.165) is 37.9 Å². The first kappa shape index (κ1) is 16.3. The summed E-state index contributed by atoms with van der Waals surface area (Å²) < 4.78 is 0. The average Bonchev–Trinajstić information content (AvgIpc) is 3.47. The fraction of sp³-hybridized carbons (Fsp3) is 0.409. The van der Waals surface area contributed by atoms with E-state index in [-0.39, 0.29) is 11.9 Å². The largest absolute Gasteiger partial charge is 0.341 e. The van der Waals surface area contributed by atoms with E-state index >= 15 is 0 Å². The Balaban J connectivity index is 1.49. The van der Waals surface area contributed by atoms with Gasteiger partial charge in [-0.2, -0.15) is 0 Å². The van der Waals surface area contributed by atoms with Crippen LogP contribution in [0.15, 0.2) is 60.7 Å². The lowest BCUT2D eigenvalue weighted by Crippen LogP contribution is -2.44. The highest BCUT2D eigenvalue weighted by Gasteiger charge is 2.41. The van der Waals surface area contributed by atoms with Gasteiger partial charge in [-0.3, -0.25) is 10.1 Å². The molecule has 0 radical (unpaired) electrons. The lowest BCUT2D eigenvalue weighted by Gasteiger charge is -2.31. The summed E-state index contributed by atoms with van der Waals surface area (Å²) in [5.41, 5.74) is 2.45. The van der Waals surface area contributed by atoms with Crippen LogP contribution in [-0.2, 0) is 4.79 Å². The van der Waals surface area contributed by atoms with Crippen molar-refractivity contribution >= 4 is 5.91 Å². The first-order valence-corrected chi connectivity index (χ1v) is 9.47. The van der Waals surface area contributed by atoms with Gasteiger partial charge in [-0.15, -0.1) is 0 Å². The highest BCUT2D eigenvalue weighted by Crippen LogP contribution is 2.42. The van der Waals surface area contributed by atoms with Crippen LogP contribution in [0.3, 0.4) is 0 Å². The van der Waals surface area contributed by atoms with E-state index in [4.69, 9.17) is 0 Å². The number of hydrogen-bond donors (Lipinski definition) is 1. The van der Waals surface area contributed by atoms with Crippen molar-refractivity contribution in [3.63, 3.8) is 0 Å². The number of nitrogens with one attached hydrogen (secondary N) is 1. The van der Waals surface area contributed by atoms with Crippen molar-refractivity contribution in [1.82, 2.24) is 10.2 Å². The van der Waals surface area contributed by atoms with Crippen molar-refractivity contribution in [3.05, 3.63) is 71.8 Å². The summed E-state index contributed by atoms with van der Waals surface area (Å²) >= 11 is 0. The van der Waals surface area contributed by atoms with Crippen LogP contribution in [0, 0.1) is 0 Å². The van der Waals surface area contributed by atoms with Gasteiger partial charge in [0.25, 0.3) is 0 Å². The molecule has 1 aliphatic carbocycles. The number of nitrogens with zero attached hydrogens (tertiary/aromatic N) is 1. The predicted octanol–water partition coefficient (Wildman–Crippen LogP) is 3.89. The Kier molecular flexibility index (Phi) is 4.84. The molecular formula is C22H26N2O. The van der Waals surface area contributed by atoms with Crippen molar-refractivity contribution in [2.24, 2.45) is 0 Å². The monoisotopic (exact) mass is 334 g/mol. The van der Waals surface area contributed by atoms with Crippen molar-refractivity contribution in [1.29, 1.82) is 0 Å². The minimum absolute atomic E-state index is 0.224. The first-order chi connectivity index (χ1) is 12.3. The fourth-order valence-electron chi connectivity index (χ4n) is 3.91. The zero-order chi connectivity index (χ0) is 17.1. The molecule has 4 rings (SSSR count). The molecule has 2 aliphatic rings. The summed E-state index contributed by atoms with van der Waals surface area (Å²) in [7, 11) is 0. The third kappa shape index (κ3) is 3.77. The summed E-state index contributed by atoms with van der Waals surface area (Å²) in [5.74, 6) is 0.770. The quantitative estimate of drug-likeness (QED) is 0.900. The van der Waals surface area contributed by atoms with Gasteiger partial charge < -0.3 is 4.90 Å². The molecule has 1 N–H and O–H groups in total. The molecule has 3 atom stereocenters. The Morgan fingerprint density at radius 3 is 2.24 bits per heavy atom. The van der Waals surface area contributed by atoms with E-state index in [9.17, 15) is 4.79 Å². The molecular weight excluding hydrogens is 308 g/mol. The Bertz CT molecular complexity index is 694. The van der Waals surface area contributed by atoms with Gasteiger partial charge in [-0.25, -0.2) is 0 Å². The smallest absolute Gasteiger partial charge is 0.244 e. The number of benzene rings is 2. The van der Waals surface area contributed by atoms with E-state index in [1.807, 2.05) is 23.1 Å². The molecule has 1 aliphatic heterocycles. The van der Waals surface area contributed by atoms with Crippen molar-refractivity contribution in [3.8, 4) is 0 Å². The fourth-order valence-corrected chi connectivity index (χ4v) is 3.91. The van der Waals surface area contributed by atoms with Crippen LogP contribution >= 0.6 is 0 Å². The molecule has 0 aromatic heterocycles. The summed E-state index contributed by atoms with van der Waals surface area (Å²) in [4.78, 5) is 15.2. The zero-order valence-corrected chi connectivity index (χ0v) is 14.6. The number of piperidine rings is 1. The molecule has 1 saturated heterocycles. The van der Waals surface area contributed by atoms with Gasteiger partial charge in [-0.05, 0) is 36.8 Å². The third-order valence-electron chi connectivity index (χ3n) is 5.45. The van der Waals surface area contributed by atoms with Gasteiger partial charge in [0.05, 0.1) is 0 Å². The molecule has 1 amide bonds. The Morgan fingerprint density at radius 2 is 1.56 bits per heavy atom. The van der Waals surface area contributed by atoms with Crippen LogP contribution in [0.2, 0.25) is 0 Å². The van der Waals surface area contributed by atoms with Gasteiger partial charge in [-0.1, -0.05) is 60.7 Å². The Hall–Kier alpha value is -2.13. The Morgan fingerprint density at radius 1 is 0.920 bits per heavy atom. The van der Waals surface area contributed by atoms with Crippen molar-refractivity contribution < 1.29 is 4.79 Å². The van der Waals surface area contributed by atoms with Gasteiger partial charge in [0, 0.05) is 25.0 Å². The summed E-state index contributed by atoms with van der Waals surface area (Å²) in [6, 6.07) is 21.0. The van der Waals surface area contributed by atoms with Crippen molar-refractivity contribution in [2.75, 3.05) is 13.1 Å². The standard InChI is InChI=1S/C22H26N2O/c25-22(24-14-8-3-9-15-24)21(18-12-6-2-7-13-18)23-20-16-19(20)17-10-4-1-5-11-17/h1-2,4-7,10-13,19-21,23H,3,8-9,14-16H2/t19-,20+,21-/m1/s1. The number of carbonyl (C=O) groups is 1. The summed E-state index contributed by atoms with van der Waals surface area (Å²) in [5, 5.41) is 3.66. The highest BCUT2D eigenvalue weighted by atomic mass is 16.2. The molecule has 1 heterocycles. The van der Waals surface area contributed by atoms with E-state index < -0.39 is 0 Å². The molecule has 3 heteroatoms. The number of hydrogen-bond acceptors (Lipinski definition) is 2. The van der Waals surface area contributed by atoms with Gasteiger partial charge in [0.2, 0.25) is 5.91 Å². The molecule has 0 unspecified atom stereocenters. The van der Waals surface area contributed by atoms with E-state index in [2.05, 4.69) is 47.8 Å². The van der Waals surface area contributed by atoms with Crippen LogP contribution < -0.4 is 5.32 Å². The molecule has 0 spiro atoms. The number of rotatable bonds is 5. The molecule has 2 aromatic rings. The second kappa shape index (κ2) is 7.40. The molecule has 1 saturated carbocycles. The van der Waals surface area contributed by atoms with Crippen LogP contribution in [0.25, 0.3) is 0 Å². The zero-order valence-electron chi connectivity index (χ0n) is 14.6. The number of likely N-dealkylation sites (tertiary alicyclic amines) is 1. The average molecular weight is 334 g/mol. The minimum atomic E-state index is -0.224. The molecule has 2 fully saturated rings. The lowest BCUT2D eigenvalue weighted by atomic mass is 10.0. The second-order valence-corrected chi connectivity index (χ2v) is 7.26. The van der Waals surface area contributed by atoms with Gasteiger partial charge in [0.1, 0.15) is 6.04 Å². The van der Waals surface area contributed by atoms with E-state index in [1.54, 1.807) is 0 Å². The summed E-state index contributed by atoms with van der Waals surface area (Å²) in [6.07, 6.45) is 4.61. The number of carbonyl (C=O) groups excluding carboxylic acids is 1. The number of amides is 1. The normalized spacial score (nSPS) is 23.9. The van der Waals surface area contributed by atoms with Crippen LogP contribution in [-0.4, -0.2) is 29.9 Å². The highest BCUT2D eigenvalue weighted by molar-refractivity contribution is 5.83. The topological polar surface area (TPSA) is 32.3 Å². The van der Waals surface area contributed by atoms with Crippen LogP contribution in [0.1, 0.15) is 48.8 Å². The Labute approximate surface area is 150 Å².